The van der Waals surface area contributed by atoms with Crippen molar-refractivity contribution >= 4 is 17.6 Å². The first-order valence-corrected chi connectivity index (χ1v) is 6.95. The lowest BCUT2D eigenvalue weighted by atomic mass is 10.2. The van der Waals surface area contributed by atoms with E-state index in [-0.39, 0.29) is 6.61 Å². The van der Waals surface area contributed by atoms with Crippen molar-refractivity contribution in [2.75, 3.05) is 24.6 Å². The molecule has 6 nitrogen and oxygen atoms in total. The Bertz CT molecular complexity index is 486. The molecule has 1 amide bonds. The van der Waals surface area contributed by atoms with Gasteiger partial charge in [-0.25, -0.2) is 4.79 Å². The number of carbonyl (C=O) groups excluding carboxylic acids is 1. The van der Waals surface area contributed by atoms with Crippen LogP contribution in [0.15, 0.2) is 24.3 Å². The largest absolute Gasteiger partial charge is 0.491 e. The Morgan fingerprint density at radius 2 is 2.00 bits per heavy atom. The van der Waals surface area contributed by atoms with E-state index in [0.717, 1.165) is 18.8 Å². The Morgan fingerprint density at radius 1 is 1.33 bits per heavy atom. The van der Waals surface area contributed by atoms with Gasteiger partial charge in [-0.3, -0.25) is 4.79 Å². The molecule has 1 atom stereocenters. The highest BCUT2D eigenvalue weighted by molar-refractivity contribution is 5.82. The molecular formula is C15H22N2O4. The zero-order valence-corrected chi connectivity index (χ0v) is 12.6. The maximum absolute atomic E-state index is 11.0. The average molecular weight is 294 g/mol. The van der Waals surface area contributed by atoms with Gasteiger partial charge < -0.3 is 20.1 Å². The topological polar surface area (TPSA) is 78.9 Å². The van der Waals surface area contributed by atoms with E-state index in [1.54, 1.807) is 6.07 Å². The molecule has 116 valence electrons. The van der Waals surface area contributed by atoms with Crippen molar-refractivity contribution in [3.05, 3.63) is 24.3 Å². The maximum Gasteiger partial charge on any atom is 0.329 e. The van der Waals surface area contributed by atoms with Crippen LogP contribution in [0.25, 0.3) is 0 Å². The molecule has 0 saturated heterocycles. The van der Waals surface area contributed by atoms with Crippen LogP contribution in [0, 0.1) is 0 Å². The molecule has 6 heteroatoms. The summed E-state index contributed by atoms with van der Waals surface area (Å²) in [5, 5.41) is 11.4. The summed E-state index contributed by atoms with van der Waals surface area (Å²) in [5.74, 6) is -0.941. The van der Waals surface area contributed by atoms with E-state index in [2.05, 4.69) is 24.1 Å². The molecule has 1 aromatic carbocycles. The zero-order chi connectivity index (χ0) is 15.8. The Kier molecular flexibility index (Phi) is 6.52. The van der Waals surface area contributed by atoms with Gasteiger partial charge in [0.2, 0.25) is 5.91 Å². The van der Waals surface area contributed by atoms with E-state index in [0.29, 0.717) is 5.75 Å². The van der Waals surface area contributed by atoms with Crippen molar-refractivity contribution in [1.29, 1.82) is 0 Å². The number of hydrogen-bond acceptors (Lipinski definition) is 4. The van der Waals surface area contributed by atoms with E-state index in [1.165, 1.54) is 6.92 Å². The summed E-state index contributed by atoms with van der Waals surface area (Å²) in [6.07, 6.45) is 0. The highest BCUT2D eigenvalue weighted by atomic mass is 16.5. The smallest absolute Gasteiger partial charge is 0.329 e. The van der Waals surface area contributed by atoms with Crippen molar-refractivity contribution in [3.8, 4) is 5.75 Å². The van der Waals surface area contributed by atoms with Crippen molar-refractivity contribution in [1.82, 2.24) is 5.32 Å². The van der Waals surface area contributed by atoms with E-state index >= 15 is 0 Å². The lowest BCUT2D eigenvalue weighted by Crippen LogP contribution is -2.43. The van der Waals surface area contributed by atoms with Crippen LogP contribution in [0.5, 0.6) is 5.75 Å². The van der Waals surface area contributed by atoms with Gasteiger partial charge in [-0.15, -0.1) is 0 Å². The molecule has 0 spiro atoms. The van der Waals surface area contributed by atoms with Gasteiger partial charge in [-0.1, -0.05) is 6.07 Å². The van der Waals surface area contributed by atoms with Gasteiger partial charge in [0.1, 0.15) is 12.4 Å². The van der Waals surface area contributed by atoms with Gasteiger partial charge >= 0.3 is 5.97 Å². The molecule has 0 saturated carbocycles. The molecule has 0 bridgehead atoms. The minimum Gasteiger partial charge on any atom is -0.491 e. The lowest BCUT2D eigenvalue weighted by Gasteiger charge is -2.22. The standard InChI is InChI=1S/C15H22N2O4/c1-4-17(5-2)12-7-6-8-13(9-12)21-10-14(15(19)20)16-11(3)18/h6-9,14H,4-5,10H2,1-3H3,(H,16,18)(H,19,20). The molecule has 0 aliphatic carbocycles. The Balaban J connectivity index is 2.72. The van der Waals surface area contributed by atoms with Gasteiger partial charge in [0.05, 0.1) is 0 Å². The second-order valence-corrected chi connectivity index (χ2v) is 4.57. The maximum atomic E-state index is 11.0. The van der Waals surface area contributed by atoms with Crippen molar-refractivity contribution in [2.45, 2.75) is 26.8 Å². The molecule has 1 aromatic rings. The van der Waals surface area contributed by atoms with E-state index in [4.69, 9.17) is 9.84 Å². The van der Waals surface area contributed by atoms with Crippen LogP contribution in [0.2, 0.25) is 0 Å². The number of amides is 1. The van der Waals surface area contributed by atoms with Gasteiger partial charge in [0.15, 0.2) is 6.04 Å². The predicted octanol–water partition coefficient (Wildman–Crippen LogP) is 1.50. The van der Waals surface area contributed by atoms with Crippen LogP contribution in [0.3, 0.4) is 0 Å². The quantitative estimate of drug-likeness (QED) is 0.759. The molecule has 0 aliphatic rings. The summed E-state index contributed by atoms with van der Waals surface area (Å²) in [7, 11) is 0. The summed E-state index contributed by atoms with van der Waals surface area (Å²) in [5.41, 5.74) is 1.02. The van der Waals surface area contributed by atoms with Crippen LogP contribution in [-0.4, -0.2) is 42.7 Å². The Morgan fingerprint density at radius 3 is 2.52 bits per heavy atom. The molecule has 1 unspecified atom stereocenters. The number of nitrogens with zero attached hydrogens (tertiary/aromatic N) is 1. The first kappa shape index (κ1) is 16.8. The first-order valence-electron chi connectivity index (χ1n) is 6.95. The first-order chi connectivity index (χ1) is 9.97. The number of aliphatic carboxylic acids is 1. The van der Waals surface area contributed by atoms with Gasteiger partial charge in [-0.2, -0.15) is 0 Å². The molecule has 0 aliphatic heterocycles. The average Bonchev–Trinajstić information content (AvgIpc) is 2.44. The third-order valence-electron chi connectivity index (χ3n) is 3.04. The Labute approximate surface area is 124 Å². The van der Waals surface area contributed by atoms with Gasteiger partial charge in [0, 0.05) is 31.8 Å². The van der Waals surface area contributed by atoms with Crippen LogP contribution in [0.4, 0.5) is 5.69 Å². The molecule has 0 radical (unpaired) electrons. The number of rotatable bonds is 8. The van der Waals surface area contributed by atoms with Crippen molar-refractivity contribution in [3.63, 3.8) is 0 Å². The fraction of sp³-hybridized carbons (Fsp3) is 0.467. The van der Waals surface area contributed by atoms with Crippen molar-refractivity contribution < 1.29 is 19.4 Å². The normalized spacial score (nSPS) is 11.6. The van der Waals surface area contributed by atoms with Gasteiger partial charge in [0.25, 0.3) is 0 Å². The van der Waals surface area contributed by atoms with E-state index in [1.807, 2.05) is 18.2 Å². The molecule has 0 fully saturated rings. The zero-order valence-electron chi connectivity index (χ0n) is 12.6. The minimum absolute atomic E-state index is 0.114. The van der Waals surface area contributed by atoms with Gasteiger partial charge in [-0.05, 0) is 26.0 Å². The second-order valence-electron chi connectivity index (χ2n) is 4.57. The summed E-state index contributed by atoms with van der Waals surface area (Å²) in [6, 6.07) is 6.40. The monoisotopic (exact) mass is 294 g/mol. The fourth-order valence-electron chi connectivity index (χ4n) is 1.96. The highest BCUT2D eigenvalue weighted by Gasteiger charge is 2.19. The fourth-order valence-corrected chi connectivity index (χ4v) is 1.96. The number of carboxylic acids is 1. The Hall–Kier alpha value is -2.24. The SMILES string of the molecule is CCN(CC)c1cccc(OCC(NC(C)=O)C(=O)O)c1. The van der Waals surface area contributed by atoms with Crippen LogP contribution in [-0.2, 0) is 9.59 Å². The number of ether oxygens (including phenoxy) is 1. The van der Waals surface area contributed by atoms with Crippen LogP contribution in [0.1, 0.15) is 20.8 Å². The number of hydrogen-bond donors (Lipinski definition) is 2. The molecule has 0 heterocycles. The molecule has 2 N–H and O–H groups in total. The van der Waals surface area contributed by atoms with Crippen LogP contribution < -0.4 is 15.0 Å². The lowest BCUT2D eigenvalue weighted by molar-refractivity contribution is -0.142. The summed E-state index contributed by atoms with van der Waals surface area (Å²) in [6.45, 7) is 7.04. The van der Waals surface area contributed by atoms with Crippen LogP contribution >= 0.6 is 0 Å². The number of nitrogens with one attached hydrogen (secondary N) is 1. The van der Waals surface area contributed by atoms with E-state index in [9.17, 15) is 9.59 Å². The third-order valence-corrected chi connectivity index (χ3v) is 3.04. The number of benzene rings is 1. The highest BCUT2D eigenvalue weighted by Crippen LogP contribution is 2.21. The number of anilines is 1. The molecular weight excluding hydrogens is 272 g/mol. The number of carbonyl (C=O) groups is 2. The summed E-state index contributed by atoms with van der Waals surface area (Å²) in [4.78, 5) is 24.1. The second kappa shape index (κ2) is 8.14. The summed E-state index contributed by atoms with van der Waals surface area (Å²) < 4.78 is 5.49. The molecule has 1 rings (SSSR count). The molecule has 0 aromatic heterocycles. The number of carboxylic acid groups (broad SMARTS) is 1. The summed E-state index contributed by atoms with van der Waals surface area (Å²) >= 11 is 0. The van der Waals surface area contributed by atoms with Crippen molar-refractivity contribution in [2.24, 2.45) is 0 Å². The minimum atomic E-state index is -1.12. The van der Waals surface area contributed by atoms with E-state index < -0.39 is 17.9 Å². The molecule has 21 heavy (non-hydrogen) atoms. The predicted molar refractivity (Wildman–Crippen MR) is 80.7 cm³/mol. The third kappa shape index (κ3) is 5.33.